The summed E-state index contributed by atoms with van der Waals surface area (Å²) in [5.74, 6) is 0.710. The van der Waals surface area contributed by atoms with Crippen molar-refractivity contribution in [2.75, 3.05) is 0 Å². The summed E-state index contributed by atoms with van der Waals surface area (Å²) in [6, 6.07) is 8.25. The van der Waals surface area contributed by atoms with E-state index in [0.717, 1.165) is 5.02 Å². The van der Waals surface area contributed by atoms with Crippen LogP contribution in [0, 0.1) is 0 Å². The lowest BCUT2D eigenvalue weighted by molar-refractivity contribution is 0.596. The van der Waals surface area contributed by atoms with Crippen molar-refractivity contribution in [2.24, 2.45) is 0 Å². The molecule has 0 spiro atoms. The monoisotopic (exact) mass is 226 g/mol. The number of rotatable bonds is 4. The Hall–Kier alpha value is -0.490. The minimum atomic E-state index is 0.710. The van der Waals surface area contributed by atoms with Crippen LogP contribution in [-0.4, -0.2) is 0 Å². The van der Waals surface area contributed by atoms with Crippen molar-refractivity contribution in [2.45, 2.75) is 52.9 Å². The van der Waals surface area contributed by atoms with Gasteiger partial charge in [0.2, 0.25) is 0 Å². The Morgan fingerprint density at radius 2 is 1.60 bits per heavy atom. The fraction of sp³-hybridized carbons (Fsp3) is 0.571. The first-order valence-electron chi connectivity index (χ1n) is 6.03. The van der Waals surface area contributed by atoms with Gasteiger partial charge in [-0.3, -0.25) is 0 Å². The molecule has 15 heavy (non-hydrogen) atoms. The first-order valence-corrected chi connectivity index (χ1v) is 6.41. The minimum absolute atomic E-state index is 0.710. The topological polar surface area (TPSA) is 0 Å². The molecule has 86 valence electrons. The highest BCUT2D eigenvalue weighted by atomic mass is 35.5. The molecule has 1 rings (SSSR count). The van der Waals surface area contributed by atoms with Crippen molar-refractivity contribution in [1.29, 1.82) is 0 Å². The Balaban J connectivity index is 0.000000921. The van der Waals surface area contributed by atoms with Crippen molar-refractivity contribution in [3.63, 3.8) is 0 Å². The number of hydrogen-bond donors (Lipinski definition) is 0. The average molecular weight is 227 g/mol. The third-order valence-electron chi connectivity index (χ3n) is 2.47. The van der Waals surface area contributed by atoms with E-state index in [-0.39, 0.29) is 0 Å². The van der Waals surface area contributed by atoms with Crippen molar-refractivity contribution >= 4 is 11.6 Å². The molecule has 0 aliphatic rings. The summed E-state index contributed by atoms with van der Waals surface area (Å²) < 4.78 is 0. The van der Waals surface area contributed by atoms with Crippen molar-refractivity contribution in [1.82, 2.24) is 0 Å². The van der Waals surface area contributed by atoms with Crippen LogP contribution < -0.4 is 0 Å². The number of benzene rings is 1. The second-order valence-corrected chi connectivity index (χ2v) is 3.88. The minimum Gasteiger partial charge on any atom is -0.0843 e. The van der Waals surface area contributed by atoms with E-state index < -0.39 is 0 Å². The van der Waals surface area contributed by atoms with E-state index in [4.69, 9.17) is 11.6 Å². The summed E-state index contributed by atoms with van der Waals surface area (Å²) in [6.07, 6.45) is 3.74. The molecule has 1 aromatic rings. The number of halogens is 1. The van der Waals surface area contributed by atoms with Gasteiger partial charge < -0.3 is 0 Å². The molecule has 1 aromatic carbocycles. The van der Waals surface area contributed by atoms with Crippen molar-refractivity contribution in [3.05, 3.63) is 34.9 Å². The first-order chi connectivity index (χ1) is 7.27. The summed E-state index contributed by atoms with van der Waals surface area (Å²) in [4.78, 5) is 0. The predicted molar refractivity (Wildman–Crippen MR) is 70.7 cm³/mol. The quantitative estimate of drug-likeness (QED) is 0.622. The Morgan fingerprint density at radius 1 is 1.07 bits per heavy atom. The van der Waals surface area contributed by atoms with E-state index in [2.05, 4.69) is 26.0 Å². The molecule has 0 aliphatic carbocycles. The van der Waals surface area contributed by atoms with E-state index >= 15 is 0 Å². The molecule has 0 radical (unpaired) electrons. The maximum Gasteiger partial charge on any atom is 0.0406 e. The molecule has 0 bridgehead atoms. The molecule has 1 atom stereocenters. The normalized spacial score (nSPS) is 11.5. The van der Waals surface area contributed by atoms with Crippen LogP contribution in [0.4, 0.5) is 0 Å². The van der Waals surface area contributed by atoms with E-state index in [1.165, 1.54) is 24.8 Å². The highest BCUT2D eigenvalue weighted by Gasteiger charge is 2.06. The molecule has 1 heteroatoms. The first kappa shape index (κ1) is 14.5. The fourth-order valence-corrected chi connectivity index (χ4v) is 1.82. The van der Waals surface area contributed by atoms with Gasteiger partial charge in [0.25, 0.3) is 0 Å². The van der Waals surface area contributed by atoms with Crippen LogP contribution in [0.15, 0.2) is 24.3 Å². The van der Waals surface area contributed by atoms with Crippen LogP contribution in [0.2, 0.25) is 5.02 Å². The highest BCUT2D eigenvalue weighted by Crippen LogP contribution is 2.25. The summed E-state index contributed by atoms with van der Waals surface area (Å²) >= 11 is 5.84. The second-order valence-electron chi connectivity index (χ2n) is 3.45. The van der Waals surface area contributed by atoms with Crippen LogP contribution in [-0.2, 0) is 0 Å². The molecule has 0 saturated carbocycles. The molecule has 0 aromatic heterocycles. The van der Waals surface area contributed by atoms with Gasteiger partial charge in [-0.25, -0.2) is 0 Å². The third kappa shape index (κ3) is 5.22. The lowest BCUT2D eigenvalue weighted by atomic mass is 9.92. The lowest BCUT2D eigenvalue weighted by Crippen LogP contribution is -1.95. The Bertz CT molecular complexity index is 238. The largest absolute Gasteiger partial charge is 0.0843 e. The molecule has 0 saturated heterocycles. The molecule has 0 heterocycles. The maximum atomic E-state index is 5.84. The average Bonchev–Trinajstić information content (AvgIpc) is 2.30. The predicted octanol–water partition coefficient (Wildman–Crippen LogP) is 5.66. The Morgan fingerprint density at radius 3 is 2.00 bits per heavy atom. The van der Waals surface area contributed by atoms with Gasteiger partial charge in [-0.15, -0.1) is 0 Å². The van der Waals surface area contributed by atoms with Crippen molar-refractivity contribution < 1.29 is 0 Å². The third-order valence-corrected chi connectivity index (χ3v) is 2.72. The zero-order chi connectivity index (χ0) is 11.7. The molecule has 1 unspecified atom stereocenters. The summed E-state index contributed by atoms with van der Waals surface area (Å²) in [6.45, 7) is 8.48. The molecular weight excluding hydrogens is 204 g/mol. The zero-order valence-electron chi connectivity index (χ0n) is 10.4. The van der Waals surface area contributed by atoms with E-state index in [9.17, 15) is 0 Å². The Kier molecular flexibility index (Phi) is 8.50. The lowest BCUT2D eigenvalue weighted by Gasteiger charge is -2.13. The molecule has 0 aliphatic heterocycles. The molecule has 0 nitrogen and oxygen atoms in total. The highest BCUT2D eigenvalue weighted by molar-refractivity contribution is 6.30. The van der Waals surface area contributed by atoms with Gasteiger partial charge in [0.15, 0.2) is 0 Å². The van der Waals surface area contributed by atoms with Gasteiger partial charge in [0.1, 0.15) is 0 Å². The van der Waals surface area contributed by atoms with Crippen molar-refractivity contribution in [3.8, 4) is 0 Å². The van der Waals surface area contributed by atoms with Gasteiger partial charge in [-0.05, 0) is 36.5 Å². The zero-order valence-corrected chi connectivity index (χ0v) is 11.1. The van der Waals surface area contributed by atoms with Crippen LogP contribution >= 0.6 is 11.6 Å². The summed E-state index contributed by atoms with van der Waals surface area (Å²) in [7, 11) is 0. The van der Waals surface area contributed by atoms with Gasteiger partial charge in [-0.2, -0.15) is 0 Å². The van der Waals surface area contributed by atoms with Gasteiger partial charge in [0, 0.05) is 5.02 Å². The van der Waals surface area contributed by atoms with Crippen LogP contribution in [0.3, 0.4) is 0 Å². The Labute approximate surface area is 99.7 Å². The van der Waals surface area contributed by atoms with Gasteiger partial charge in [0.05, 0.1) is 0 Å². The summed E-state index contributed by atoms with van der Waals surface area (Å²) in [5.41, 5.74) is 1.42. The van der Waals surface area contributed by atoms with Gasteiger partial charge >= 0.3 is 0 Å². The van der Waals surface area contributed by atoms with Gasteiger partial charge in [-0.1, -0.05) is 57.8 Å². The number of hydrogen-bond acceptors (Lipinski definition) is 0. The van der Waals surface area contributed by atoms with Crippen LogP contribution in [0.25, 0.3) is 0 Å². The fourth-order valence-electron chi connectivity index (χ4n) is 1.69. The maximum absolute atomic E-state index is 5.84. The van der Waals surface area contributed by atoms with Crippen LogP contribution in [0.5, 0.6) is 0 Å². The summed E-state index contributed by atoms with van der Waals surface area (Å²) in [5, 5.41) is 0.829. The van der Waals surface area contributed by atoms with E-state index in [1.807, 2.05) is 26.0 Å². The SMILES string of the molecule is CC.CCCC(CC)c1ccc(Cl)cc1. The second kappa shape index (κ2) is 8.79. The van der Waals surface area contributed by atoms with E-state index in [0.29, 0.717) is 5.92 Å². The smallest absolute Gasteiger partial charge is 0.0406 e. The molecule has 0 fully saturated rings. The molecule has 0 amide bonds. The molecule has 0 N–H and O–H groups in total. The van der Waals surface area contributed by atoms with Crippen LogP contribution in [0.1, 0.15) is 58.4 Å². The molecular formula is C14H23Cl. The van der Waals surface area contributed by atoms with E-state index in [1.54, 1.807) is 0 Å². The standard InChI is InChI=1S/C12H17Cl.C2H6/c1-3-5-10(4-2)11-6-8-12(13)9-7-11;1-2/h6-10H,3-5H2,1-2H3;1-2H3.